The average molecular weight is 505 g/mol. The third kappa shape index (κ3) is 5.27. The molecule has 0 radical (unpaired) electrons. The number of likely N-dealkylation sites (tertiary alicyclic amines) is 1. The Bertz CT molecular complexity index is 1430. The molecule has 4 aromatic rings. The van der Waals surface area contributed by atoms with Gasteiger partial charge in [0.25, 0.3) is 11.8 Å². The van der Waals surface area contributed by atoms with Crippen molar-refractivity contribution < 1.29 is 22.9 Å². The van der Waals surface area contributed by atoms with Gasteiger partial charge < -0.3 is 14.7 Å². The molecule has 1 aromatic carbocycles. The highest BCUT2D eigenvalue weighted by molar-refractivity contribution is 6.03. The lowest BCUT2D eigenvalue weighted by Crippen LogP contribution is -2.48. The Morgan fingerprint density at radius 1 is 1.16 bits per heavy atom. The summed E-state index contributed by atoms with van der Waals surface area (Å²) in [4.78, 5) is 34.2. The number of piperidine rings is 1. The Labute approximate surface area is 209 Å². The summed E-state index contributed by atoms with van der Waals surface area (Å²) in [5.74, 6) is -4.63. The number of pyridine rings is 1. The second-order valence-electron chi connectivity index (χ2n) is 8.55. The number of nitrogens with zero attached hydrogens (tertiary/aromatic N) is 5. The van der Waals surface area contributed by atoms with Crippen molar-refractivity contribution in [1.29, 1.82) is 0 Å². The van der Waals surface area contributed by atoms with Gasteiger partial charge in [0.1, 0.15) is 5.69 Å². The van der Waals surface area contributed by atoms with E-state index in [1.165, 1.54) is 0 Å². The van der Waals surface area contributed by atoms with Gasteiger partial charge in [-0.2, -0.15) is 10.1 Å². The average Bonchev–Trinajstić information content (AvgIpc) is 3.61. The predicted molar refractivity (Wildman–Crippen MR) is 129 cm³/mol. The molecule has 37 heavy (non-hydrogen) atoms. The number of carbonyl (C=O) groups excluding carboxylic acids is 2. The van der Waals surface area contributed by atoms with Crippen molar-refractivity contribution in [2.75, 3.05) is 18.4 Å². The number of amides is 2. The highest BCUT2D eigenvalue weighted by Crippen LogP contribution is 2.36. The standard InChI is InChI=1S/C25H21F2N7O3/c1-2-21(35)34-13-16(12-25(26,27)14-34)24-31-22(33-37-24)15-6-8-17(9-7-15)29-23(36)20-5-3-4-18(30-20)19-10-11-28-32-19/h2-11,16H,1,12-14H2,(H,28,32)(H,29,36)/t16-/m0/s1. The monoisotopic (exact) mass is 505 g/mol. The van der Waals surface area contributed by atoms with Gasteiger partial charge in [0.05, 0.1) is 23.9 Å². The fourth-order valence-corrected chi connectivity index (χ4v) is 4.09. The van der Waals surface area contributed by atoms with Crippen molar-refractivity contribution in [3.63, 3.8) is 0 Å². The SMILES string of the molecule is C=CC(=O)N1C[C@@H](c2nc(-c3ccc(NC(=O)c4cccc(-c5ccn[nH]5)n4)cc3)no2)CC(F)(F)C1. The molecule has 5 rings (SSSR count). The van der Waals surface area contributed by atoms with E-state index in [2.05, 4.69) is 37.2 Å². The Kier molecular flexibility index (Phi) is 6.30. The number of aromatic amines is 1. The first-order valence-electron chi connectivity index (χ1n) is 11.3. The molecule has 1 saturated heterocycles. The van der Waals surface area contributed by atoms with Gasteiger partial charge in [0, 0.05) is 30.4 Å². The zero-order valence-corrected chi connectivity index (χ0v) is 19.4. The number of hydrogen-bond donors (Lipinski definition) is 2. The molecule has 4 heterocycles. The van der Waals surface area contributed by atoms with Crippen molar-refractivity contribution in [1.82, 2.24) is 30.2 Å². The number of anilines is 1. The van der Waals surface area contributed by atoms with Crippen LogP contribution in [0.5, 0.6) is 0 Å². The van der Waals surface area contributed by atoms with Crippen molar-refractivity contribution in [3.8, 4) is 22.8 Å². The highest BCUT2D eigenvalue weighted by atomic mass is 19.3. The van der Waals surface area contributed by atoms with Gasteiger partial charge in [-0.3, -0.25) is 14.7 Å². The number of rotatable bonds is 6. The number of hydrogen-bond acceptors (Lipinski definition) is 7. The first-order chi connectivity index (χ1) is 17.8. The lowest BCUT2D eigenvalue weighted by atomic mass is 9.95. The molecule has 0 unspecified atom stereocenters. The number of aromatic nitrogens is 5. The minimum atomic E-state index is -3.08. The summed E-state index contributed by atoms with van der Waals surface area (Å²) in [6.07, 6.45) is 2.10. The highest BCUT2D eigenvalue weighted by Gasteiger charge is 2.44. The van der Waals surface area contributed by atoms with Gasteiger partial charge in [-0.05, 0) is 48.5 Å². The van der Waals surface area contributed by atoms with Gasteiger partial charge in [-0.1, -0.05) is 17.8 Å². The van der Waals surface area contributed by atoms with Crippen LogP contribution in [0.25, 0.3) is 22.8 Å². The van der Waals surface area contributed by atoms with Crippen LogP contribution >= 0.6 is 0 Å². The van der Waals surface area contributed by atoms with Crippen LogP contribution in [0.1, 0.15) is 28.7 Å². The van der Waals surface area contributed by atoms with Crippen molar-refractivity contribution in [2.45, 2.75) is 18.3 Å². The van der Waals surface area contributed by atoms with E-state index in [1.54, 1.807) is 54.7 Å². The molecular formula is C25H21F2N7O3. The van der Waals surface area contributed by atoms with E-state index in [4.69, 9.17) is 4.52 Å². The zero-order chi connectivity index (χ0) is 26.0. The van der Waals surface area contributed by atoms with Crippen LogP contribution in [0, 0.1) is 0 Å². The predicted octanol–water partition coefficient (Wildman–Crippen LogP) is 3.91. The summed E-state index contributed by atoms with van der Waals surface area (Å²) in [6, 6.07) is 13.5. The third-order valence-corrected chi connectivity index (χ3v) is 5.84. The molecule has 0 saturated carbocycles. The van der Waals surface area contributed by atoms with Crippen LogP contribution in [0.15, 0.2) is 71.9 Å². The third-order valence-electron chi connectivity index (χ3n) is 5.84. The van der Waals surface area contributed by atoms with Crippen LogP contribution in [0.2, 0.25) is 0 Å². The van der Waals surface area contributed by atoms with E-state index in [0.717, 1.165) is 11.0 Å². The molecule has 188 valence electrons. The Balaban J connectivity index is 1.27. The minimum Gasteiger partial charge on any atom is -0.339 e. The van der Waals surface area contributed by atoms with Gasteiger partial charge in [0.15, 0.2) is 0 Å². The summed E-state index contributed by atoms with van der Waals surface area (Å²) in [5, 5.41) is 13.4. The minimum absolute atomic E-state index is 0.0249. The lowest BCUT2D eigenvalue weighted by molar-refractivity contribution is -0.138. The summed E-state index contributed by atoms with van der Waals surface area (Å²) in [5.41, 5.74) is 2.58. The van der Waals surface area contributed by atoms with Gasteiger partial charge in [-0.15, -0.1) is 0 Å². The molecule has 0 bridgehead atoms. The van der Waals surface area contributed by atoms with E-state index in [0.29, 0.717) is 22.6 Å². The topological polar surface area (TPSA) is 130 Å². The number of benzene rings is 1. The number of nitrogens with one attached hydrogen (secondary N) is 2. The first-order valence-corrected chi connectivity index (χ1v) is 11.3. The smallest absolute Gasteiger partial charge is 0.274 e. The molecule has 10 nitrogen and oxygen atoms in total. The number of alkyl halides is 2. The number of carbonyl (C=O) groups is 2. The fourth-order valence-electron chi connectivity index (χ4n) is 4.09. The van der Waals surface area contributed by atoms with Crippen molar-refractivity contribution in [2.24, 2.45) is 0 Å². The van der Waals surface area contributed by atoms with Gasteiger partial charge >= 0.3 is 0 Å². The van der Waals surface area contributed by atoms with Gasteiger partial charge in [0.2, 0.25) is 17.6 Å². The van der Waals surface area contributed by atoms with E-state index in [1.807, 2.05) is 0 Å². The van der Waals surface area contributed by atoms with Crippen LogP contribution in [0.4, 0.5) is 14.5 Å². The Morgan fingerprint density at radius 2 is 1.97 bits per heavy atom. The molecule has 12 heteroatoms. The fraction of sp³-hybridized carbons (Fsp3) is 0.200. The van der Waals surface area contributed by atoms with Crippen LogP contribution in [-0.4, -0.2) is 61.0 Å². The Morgan fingerprint density at radius 3 is 2.70 bits per heavy atom. The molecule has 0 spiro atoms. The molecule has 2 N–H and O–H groups in total. The second kappa shape index (κ2) is 9.72. The normalized spacial score (nSPS) is 16.8. The van der Waals surface area contributed by atoms with Crippen LogP contribution in [-0.2, 0) is 4.79 Å². The summed E-state index contributed by atoms with van der Waals surface area (Å²) >= 11 is 0. The zero-order valence-electron chi connectivity index (χ0n) is 19.4. The summed E-state index contributed by atoms with van der Waals surface area (Å²) < 4.78 is 33.7. The van der Waals surface area contributed by atoms with Crippen molar-refractivity contribution in [3.05, 3.63) is 79.0 Å². The quantitative estimate of drug-likeness (QED) is 0.380. The number of H-pyrrole nitrogens is 1. The molecule has 3 aromatic heterocycles. The maximum atomic E-state index is 14.2. The molecule has 1 fully saturated rings. The maximum absolute atomic E-state index is 14.2. The summed E-state index contributed by atoms with van der Waals surface area (Å²) in [7, 11) is 0. The van der Waals surface area contributed by atoms with Crippen molar-refractivity contribution >= 4 is 17.5 Å². The molecule has 1 aliphatic rings. The maximum Gasteiger partial charge on any atom is 0.274 e. The lowest BCUT2D eigenvalue weighted by Gasteiger charge is -2.35. The van der Waals surface area contributed by atoms with E-state index in [9.17, 15) is 18.4 Å². The molecule has 1 atom stereocenters. The van der Waals surface area contributed by atoms with E-state index < -0.39 is 36.6 Å². The first kappa shape index (κ1) is 24.0. The number of halogens is 2. The molecule has 2 amide bonds. The summed E-state index contributed by atoms with van der Waals surface area (Å²) in [6.45, 7) is 2.72. The molecule has 0 aliphatic carbocycles. The molecule has 1 aliphatic heterocycles. The van der Waals surface area contributed by atoms with Crippen LogP contribution in [0.3, 0.4) is 0 Å². The van der Waals surface area contributed by atoms with E-state index >= 15 is 0 Å². The van der Waals surface area contributed by atoms with Crippen LogP contribution < -0.4 is 5.32 Å². The largest absolute Gasteiger partial charge is 0.339 e. The van der Waals surface area contributed by atoms with Gasteiger partial charge in [-0.25, -0.2) is 13.8 Å². The Hall–Kier alpha value is -4.74. The van der Waals surface area contributed by atoms with E-state index in [-0.39, 0.29) is 24.0 Å². The molecular weight excluding hydrogens is 484 g/mol. The second-order valence-corrected chi connectivity index (χ2v) is 8.55.